The fourth-order valence-corrected chi connectivity index (χ4v) is 1.41. The van der Waals surface area contributed by atoms with E-state index in [-0.39, 0.29) is 11.9 Å². The molecule has 0 spiro atoms. The van der Waals surface area contributed by atoms with Crippen molar-refractivity contribution < 1.29 is 9.21 Å². The fourth-order valence-electron chi connectivity index (χ4n) is 1.41. The van der Waals surface area contributed by atoms with E-state index in [1.807, 2.05) is 0 Å². The molecule has 3 N–H and O–H groups in total. The largest absolute Gasteiger partial charge is 0.446 e. The number of carbonyl (C=O) groups is 1. The van der Waals surface area contributed by atoms with Gasteiger partial charge in [0.15, 0.2) is 5.69 Å². The molecule has 1 aliphatic rings. The summed E-state index contributed by atoms with van der Waals surface area (Å²) in [6.07, 6.45) is 4.66. The van der Waals surface area contributed by atoms with Crippen molar-refractivity contribution in [3.8, 4) is 0 Å². The lowest BCUT2D eigenvalue weighted by Crippen LogP contribution is -2.39. The van der Waals surface area contributed by atoms with E-state index in [0.717, 1.165) is 12.8 Å². The van der Waals surface area contributed by atoms with E-state index in [1.54, 1.807) is 6.92 Å². The normalized spacial score (nSPS) is 18.3. The number of aromatic nitrogens is 1. The maximum atomic E-state index is 11.6. The minimum Gasteiger partial charge on any atom is -0.446 e. The Morgan fingerprint density at radius 3 is 2.93 bits per heavy atom. The predicted molar refractivity (Wildman–Crippen MR) is 54.2 cm³/mol. The minimum atomic E-state index is -0.282. The highest BCUT2D eigenvalue weighted by atomic mass is 16.3. The highest BCUT2D eigenvalue weighted by Gasteiger charge is 2.22. The molecule has 1 fully saturated rings. The van der Waals surface area contributed by atoms with Crippen LogP contribution in [0.5, 0.6) is 0 Å². The summed E-state index contributed by atoms with van der Waals surface area (Å²) < 4.78 is 5.08. The summed E-state index contributed by atoms with van der Waals surface area (Å²) >= 11 is 0. The van der Waals surface area contributed by atoms with Crippen LogP contribution in [0.3, 0.4) is 0 Å². The molecule has 1 aliphatic carbocycles. The topological polar surface area (TPSA) is 81.1 Å². The van der Waals surface area contributed by atoms with Gasteiger partial charge in [0.1, 0.15) is 6.26 Å². The molecule has 0 radical (unpaired) electrons. The third kappa shape index (κ3) is 2.18. The van der Waals surface area contributed by atoms with Gasteiger partial charge in [-0.05, 0) is 26.2 Å². The molecule has 1 atom stereocenters. The van der Waals surface area contributed by atoms with E-state index in [0.29, 0.717) is 17.6 Å². The molecule has 0 aromatic carbocycles. The summed E-state index contributed by atoms with van der Waals surface area (Å²) in [4.78, 5) is 15.6. The van der Waals surface area contributed by atoms with Crippen molar-refractivity contribution >= 4 is 5.91 Å². The molecule has 0 bridgehead atoms. The minimum absolute atomic E-state index is 0.171. The Morgan fingerprint density at radius 2 is 2.47 bits per heavy atom. The van der Waals surface area contributed by atoms with Crippen molar-refractivity contribution in [3.05, 3.63) is 17.8 Å². The van der Waals surface area contributed by atoms with E-state index in [4.69, 9.17) is 10.2 Å². The molecule has 1 aromatic rings. The van der Waals surface area contributed by atoms with Gasteiger partial charge in [-0.15, -0.1) is 0 Å². The highest BCUT2D eigenvalue weighted by Crippen LogP contribution is 2.18. The van der Waals surface area contributed by atoms with Crippen molar-refractivity contribution in [2.24, 2.45) is 5.73 Å². The zero-order chi connectivity index (χ0) is 10.8. The van der Waals surface area contributed by atoms with Gasteiger partial charge < -0.3 is 15.5 Å². The SMILES string of the molecule is CC(N)c1nc(C(=O)NC2CCC2)co1. The predicted octanol–water partition coefficient (Wildman–Crippen LogP) is 0.977. The van der Waals surface area contributed by atoms with Crippen LogP contribution in [0.4, 0.5) is 0 Å². The first-order valence-corrected chi connectivity index (χ1v) is 5.18. The van der Waals surface area contributed by atoms with Crippen LogP contribution in [0, 0.1) is 0 Å². The van der Waals surface area contributed by atoms with Crippen LogP contribution in [0.15, 0.2) is 10.7 Å². The average molecular weight is 209 g/mol. The van der Waals surface area contributed by atoms with E-state index in [2.05, 4.69) is 10.3 Å². The smallest absolute Gasteiger partial charge is 0.273 e. The second-order valence-corrected chi connectivity index (χ2v) is 3.96. The van der Waals surface area contributed by atoms with Crippen LogP contribution in [0.1, 0.15) is 48.6 Å². The Morgan fingerprint density at radius 1 is 1.73 bits per heavy atom. The molecule has 5 heteroatoms. The van der Waals surface area contributed by atoms with Crippen LogP contribution < -0.4 is 11.1 Å². The zero-order valence-corrected chi connectivity index (χ0v) is 8.69. The number of nitrogens with two attached hydrogens (primary N) is 1. The van der Waals surface area contributed by atoms with Crippen molar-refractivity contribution in [3.63, 3.8) is 0 Å². The number of hydrogen-bond acceptors (Lipinski definition) is 4. The van der Waals surface area contributed by atoms with Crippen molar-refractivity contribution in [1.29, 1.82) is 0 Å². The van der Waals surface area contributed by atoms with E-state index < -0.39 is 0 Å². The molecule has 15 heavy (non-hydrogen) atoms. The summed E-state index contributed by atoms with van der Waals surface area (Å²) in [5, 5.41) is 2.88. The Kier molecular flexibility index (Phi) is 2.73. The van der Waals surface area contributed by atoms with Gasteiger partial charge in [-0.3, -0.25) is 4.79 Å². The lowest BCUT2D eigenvalue weighted by molar-refractivity contribution is 0.0912. The summed E-state index contributed by atoms with van der Waals surface area (Å²) in [5.41, 5.74) is 5.89. The molecule has 1 heterocycles. The monoisotopic (exact) mass is 209 g/mol. The first-order valence-electron chi connectivity index (χ1n) is 5.18. The van der Waals surface area contributed by atoms with E-state index in [1.165, 1.54) is 12.7 Å². The molecule has 82 valence electrons. The van der Waals surface area contributed by atoms with E-state index in [9.17, 15) is 4.79 Å². The zero-order valence-electron chi connectivity index (χ0n) is 8.69. The summed E-state index contributed by atoms with van der Waals surface area (Å²) in [6, 6.07) is 0.0307. The van der Waals surface area contributed by atoms with E-state index >= 15 is 0 Å². The molecule has 1 saturated carbocycles. The molecule has 0 saturated heterocycles. The van der Waals surface area contributed by atoms with Crippen LogP contribution in [-0.2, 0) is 0 Å². The first kappa shape index (κ1) is 10.2. The Bertz CT molecular complexity index is 355. The molecule has 0 aliphatic heterocycles. The van der Waals surface area contributed by atoms with Crippen molar-refractivity contribution in [2.75, 3.05) is 0 Å². The number of nitrogens with zero attached hydrogens (tertiary/aromatic N) is 1. The van der Waals surface area contributed by atoms with Crippen molar-refractivity contribution in [2.45, 2.75) is 38.3 Å². The standard InChI is InChI=1S/C10H15N3O2/c1-6(11)10-13-8(5-15-10)9(14)12-7-3-2-4-7/h5-7H,2-4,11H2,1H3,(H,12,14). The number of nitrogens with one attached hydrogen (secondary N) is 1. The van der Waals surface area contributed by atoms with Gasteiger partial charge in [0, 0.05) is 6.04 Å². The second kappa shape index (κ2) is 4.02. The highest BCUT2D eigenvalue weighted by molar-refractivity contribution is 5.92. The number of hydrogen-bond donors (Lipinski definition) is 2. The van der Waals surface area contributed by atoms with Gasteiger partial charge in [0.2, 0.25) is 5.89 Å². The van der Waals surface area contributed by atoms with Gasteiger partial charge in [0.05, 0.1) is 6.04 Å². The van der Waals surface area contributed by atoms with Gasteiger partial charge in [-0.2, -0.15) is 0 Å². The number of rotatable bonds is 3. The second-order valence-electron chi connectivity index (χ2n) is 3.96. The summed E-state index contributed by atoms with van der Waals surface area (Å²) in [7, 11) is 0. The Balaban J connectivity index is 1.98. The Hall–Kier alpha value is -1.36. The molecular weight excluding hydrogens is 194 g/mol. The fraction of sp³-hybridized carbons (Fsp3) is 0.600. The van der Waals surface area contributed by atoms with Crippen LogP contribution >= 0.6 is 0 Å². The molecule has 1 amide bonds. The third-order valence-corrected chi connectivity index (χ3v) is 2.58. The lowest BCUT2D eigenvalue weighted by Gasteiger charge is -2.25. The summed E-state index contributed by atoms with van der Waals surface area (Å²) in [6.45, 7) is 1.76. The van der Waals surface area contributed by atoms with Gasteiger partial charge in [0.25, 0.3) is 5.91 Å². The Labute approximate surface area is 88.0 Å². The number of amides is 1. The maximum absolute atomic E-state index is 11.6. The first-order chi connectivity index (χ1) is 7.16. The van der Waals surface area contributed by atoms with Crippen LogP contribution in [0.25, 0.3) is 0 Å². The quantitative estimate of drug-likeness (QED) is 0.777. The molecular formula is C10H15N3O2. The molecule has 2 rings (SSSR count). The number of oxazole rings is 1. The molecule has 1 aromatic heterocycles. The lowest BCUT2D eigenvalue weighted by atomic mass is 9.93. The van der Waals surface area contributed by atoms with Gasteiger partial charge in [-0.25, -0.2) is 4.98 Å². The van der Waals surface area contributed by atoms with Crippen molar-refractivity contribution in [1.82, 2.24) is 10.3 Å². The van der Waals surface area contributed by atoms with Crippen LogP contribution in [-0.4, -0.2) is 16.9 Å². The molecule has 5 nitrogen and oxygen atoms in total. The number of carbonyl (C=O) groups excluding carboxylic acids is 1. The van der Waals surface area contributed by atoms with Gasteiger partial charge >= 0.3 is 0 Å². The summed E-state index contributed by atoms with van der Waals surface area (Å²) in [5.74, 6) is 0.226. The third-order valence-electron chi connectivity index (χ3n) is 2.58. The van der Waals surface area contributed by atoms with Crippen LogP contribution in [0.2, 0.25) is 0 Å². The maximum Gasteiger partial charge on any atom is 0.273 e. The average Bonchev–Trinajstić information content (AvgIpc) is 2.59. The molecule has 1 unspecified atom stereocenters. The van der Waals surface area contributed by atoms with Gasteiger partial charge in [-0.1, -0.05) is 0 Å².